The fourth-order valence-electron chi connectivity index (χ4n) is 3.75. The summed E-state index contributed by atoms with van der Waals surface area (Å²) in [5, 5.41) is 10.6. The van der Waals surface area contributed by atoms with E-state index in [2.05, 4.69) is 51.6 Å². The van der Waals surface area contributed by atoms with Gasteiger partial charge in [0.05, 0.1) is 17.7 Å². The minimum atomic E-state index is -0.261. The Kier molecular flexibility index (Phi) is 5.09. The summed E-state index contributed by atoms with van der Waals surface area (Å²) in [7, 11) is 1.71. The molecule has 1 saturated heterocycles. The number of benzene rings is 1. The van der Waals surface area contributed by atoms with Crippen molar-refractivity contribution in [3.05, 3.63) is 38.6 Å². The van der Waals surface area contributed by atoms with Crippen LogP contribution >= 0.6 is 15.9 Å². The first-order valence-corrected chi connectivity index (χ1v) is 9.34. The zero-order valence-electron chi connectivity index (χ0n) is 15.2. The Hall–Kier alpha value is -2.28. The van der Waals surface area contributed by atoms with Crippen LogP contribution in [0.15, 0.2) is 27.5 Å². The van der Waals surface area contributed by atoms with Crippen LogP contribution in [0.2, 0.25) is 0 Å². The molecule has 2 atom stereocenters. The van der Waals surface area contributed by atoms with E-state index < -0.39 is 0 Å². The molecule has 0 amide bonds. The van der Waals surface area contributed by atoms with Crippen molar-refractivity contribution in [1.29, 1.82) is 5.26 Å². The number of terminal acetylenes is 1. The molecular weight excluding hydrogens is 392 g/mol. The third-order valence-electron chi connectivity index (χ3n) is 5.14. The van der Waals surface area contributed by atoms with E-state index in [1.807, 2.05) is 18.2 Å². The normalized spacial score (nSPS) is 20.8. The molecule has 0 aliphatic carbocycles. The van der Waals surface area contributed by atoms with Gasteiger partial charge in [-0.1, -0.05) is 21.9 Å². The fourth-order valence-corrected chi connectivity index (χ4v) is 4.11. The van der Waals surface area contributed by atoms with Crippen molar-refractivity contribution in [1.82, 2.24) is 9.47 Å². The molecule has 0 bridgehead atoms. The second kappa shape index (κ2) is 7.15. The number of hydrogen-bond donors (Lipinski definition) is 0. The van der Waals surface area contributed by atoms with Gasteiger partial charge in [0.15, 0.2) is 0 Å². The van der Waals surface area contributed by atoms with Gasteiger partial charge in [0.2, 0.25) is 0 Å². The van der Waals surface area contributed by atoms with E-state index in [4.69, 9.17) is 6.42 Å². The van der Waals surface area contributed by atoms with Gasteiger partial charge in [-0.15, -0.1) is 6.42 Å². The van der Waals surface area contributed by atoms with Crippen molar-refractivity contribution in [2.75, 3.05) is 24.5 Å². The maximum Gasteiger partial charge on any atom is 0.270 e. The lowest BCUT2D eigenvalue weighted by Gasteiger charge is -2.45. The van der Waals surface area contributed by atoms with E-state index in [-0.39, 0.29) is 23.2 Å². The summed E-state index contributed by atoms with van der Waals surface area (Å²) < 4.78 is 2.47. The van der Waals surface area contributed by atoms with Gasteiger partial charge in [0.1, 0.15) is 11.6 Å². The van der Waals surface area contributed by atoms with Crippen LogP contribution in [0, 0.1) is 23.7 Å². The highest BCUT2D eigenvalue weighted by atomic mass is 79.9. The summed E-state index contributed by atoms with van der Waals surface area (Å²) in [4.78, 5) is 17.2. The number of rotatable bonds is 2. The van der Waals surface area contributed by atoms with Crippen LogP contribution in [0.4, 0.5) is 5.69 Å². The lowest BCUT2D eigenvalue weighted by atomic mass is 10.0. The predicted octanol–water partition coefficient (Wildman–Crippen LogP) is 2.70. The summed E-state index contributed by atoms with van der Waals surface area (Å²) in [6, 6.07) is 8.33. The van der Waals surface area contributed by atoms with Crippen LogP contribution in [-0.2, 0) is 7.05 Å². The van der Waals surface area contributed by atoms with Crippen LogP contribution in [-0.4, -0.2) is 41.2 Å². The van der Waals surface area contributed by atoms with Crippen molar-refractivity contribution >= 4 is 32.5 Å². The van der Waals surface area contributed by atoms with E-state index >= 15 is 0 Å². The number of aromatic nitrogens is 1. The average Bonchev–Trinajstić information content (AvgIpc) is 2.61. The average molecular weight is 413 g/mol. The van der Waals surface area contributed by atoms with Gasteiger partial charge in [-0.05, 0) is 32.0 Å². The molecule has 0 saturated carbocycles. The molecular formula is C20H21BrN4O. The van der Waals surface area contributed by atoms with Gasteiger partial charge in [-0.2, -0.15) is 5.26 Å². The van der Waals surface area contributed by atoms with Crippen LogP contribution in [0.1, 0.15) is 19.4 Å². The van der Waals surface area contributed by atoms with Gasteiger partial charge in [-0.3, -0.25) is 9.69 Å². The zero-order valence-corrected chi connectivity index (χ0v) is 16.7. The number of nitrogens with zero attached hydrogens (tertiary/aromatic N) is 4. The molecule has 0 unspecified atom stereocenters. The first-order valence-electron chi connectivity index (χ1n) is 8.55. The molecule has 1 aromatic carbocycles. The fraction of sp³-hybridized carbons (Fsp3) is 0.400. The largest absolute Gasteiger partial charge is 0.364 e. The summed E-state index contributed by atoms with van der Waals surface area (Å²) in [5.74, 6) is 2.71. The molecule has 26 heavy (non-hydrogen) atoms. The van der Waals surface area contributed by atoms with Gasteiger partial charge in [0.25, 0.3) is 5.56 Å². The summed E-state index contributed by atoms with van der Waals surface area (Å²) in [6.45, 7) is 6.35. The van der Waals surface area contributed by atoms with Gasteiger partial charge < -0.3 is 9.47 Å². The number of fused-ring (bicyclic) bond motifs is 1. The SMILES string of the molecule is C#CCN1C[C@H](C)N(c2c(C#N)c(=O)n(C)c3ccc(Br)cc23)C[C@H]1C. The maximum atomic E-state index is 12.8. The molecule has 1 aromatic heterocycles. The summed E-state index contributed by atoms with van der Waals surface area (Å²) in [6.07, 6.45) is 5.49. The third kappa shape index (κ3) is 3.00. The molecule has 6 heteroatoms. The summed E-state index contributed by atoms with van der Waals surface area (Å²) >= 11 is 3.52. The van der Waals surface area contributed by atoms with E-state index in [9.17, 15) is 10.1 Å². The number of halogens is 1. The first-order chi connectivity index (χ1) is 12.4. The smallest absolute Gasteiger partial charge is 0.270 e. The number of pyridine rings is 1. The highest BCUT2D eigenvalue weighted by molar-refractivity contribution is 9.10. The third-order valence-corrected chi connectivity index (χ3v) is 5.63. The monoisotopic (exact) mass is 412 g/mol. The van der Waals surface area contributed by atoms with E-state index in [1.54, 1.807) is 11.6 Å². The Morgan fingerprint density at radius 1 is 1.31 bits per heavy atom. The van der Waals surface area contributed by atoms with Crippen molar-refractivity contribution in [2.24, 2.45) is 7.05 Å². The molecule has 1 aliphatic heterocycles. The van der Waals surface area contributed by atoms with Crippen LogP contribution in [0.25, 0.3) is 10.9 Å². The number of nitriles is 1. The van der Waals surface area contributed by atoms with Crippen molar-refractivity contribution in [3.63, 3.8) is 0 Å². The zero-order chi connectivity index (χ0) is 19.0. The lowest BCUT2D eigenvalue weighted by molar-refractivity contribution is 0.187. The standard InChI is InChI=1S/C20H21BrN4O/c1-5-8-24-11-14(3)25(12-13(24)2)19-16-9-15(21)6-7-18(16)23(4)20(26)17(19)10-22/h1,6-7,9,13-14H,8,11-12H2,2-4H3/t13-,14+/m1/s1. The van der Waals surface area contributed by atoms with Crippen molar-refractivity contribution in [2.45, 2.75) is 25.9 Å². The number of anilines is 1. The molecule has 1 fully saturated rings. The molecule has 0 radical (unpaired) electrons. The highest BCUT2D eigenvalue weighted by Gasteiger charge is 2.32. The van der Waals surface area contributed by atoms with Crippen LogP contribution in [0.5, 0.6) is 0 Å². The predicted molar refractivity (Wildman–Crippen MR) is 108 cm³/mol. The topological polar surface area (TPSA) is 52.3 Å². The van der Waals surface area contributed by atoms with Gasteiger partial charge >= 0.3 is 0 Å². The minimum Gasteiger partial charge on any atom is -0.364 e. The van der Waals surface area contributed by atoms with E-state index in [1.165, 1.54) is 0 Å². The Labute approximate surface area is 161 Å². The molecule has 1 aliphatic rings. The van der Waals surface area contributed by atoms with Crippen LogP contribution < -0.4 is 10.5 Å². The molecule has 2 aromatic rings. The number of hydrogen-bond acceptors (Lipinski definition) is 4. The first kappa shape index (κ1) is 18.5. The Morgan fingerprint density at radius 3 is 2.69 bits per heavy atom. The molecule has 5 nitrogen and oxygen atoms in total. The second-order valence-electron chi connectivity index (χ2n) is 6.85. The minimum absolute atomic E-state index is 0.140. The summed E-state index contributed by atoms with van der Waals surface area (Å²) in [5.41, 5.74) is 1.48. The molecule has 0 N–H and O–H groups in total. The molecule has 2 heterocycles. The number of aryl methyl sites for hydroxylation is 1. The van der Waals surface area contributed by atoms with Crippen LogP contribution in [0.3, 0.4) is 0 Å². The second-order valence-corrected chi connectivity index (χ2v) is 7.76. The maximum absolute atomic E-state index is 12.8. The Balaban J connectivity index is 2.23. The van der Waals surface area contributed by atoms with Crippen molar-refractivity contribution in [3.8, 4) is 18.4 Å². The van der Waals surface area contributed by atoms with E-state index in [0.717, 1.165) is 27.6 Å². The molecule has 0 spiro atoms. The molecule has 3 rings (SSSR count). The van der Waals surface area contributed by atoms with E-state index in [0.29, 0.717) is 13.1 Å². The quantitative estimate of drug-likeness (QED) is 0.711. The lowest BCUT2D eigenvalue weighted by Crippen LogP contribution is -2.57. The Bertz CT molecular complexity index is 998. The van der Waals surface area contributed by atoms with Gasteiger partial charge in [-0.25, -0.2) is 0 Å². The highest BCUT2D eigenvalue weighted by Crippen LogP contribution is 2.33. The molecule has 134 valence electrons. The Morgan fingerprint density at radius 2 is 2.04 bits per heavy atom. The number of piperazine rings is 1. The van der Waals surface area contributed by atoms with Crippen molar-refractivity contribution < 1.29 is 0 Å². The van der Waals surface area contributed by atoms with Gasteiger partial charge in [0, 0.05) is 42.1 Å².